The van der Waals surface area contributed by atoms with Gasteiger partial charge in [-0.3, -0.25) is 0 Å². The third-order valence-electron chi connectivity index (χ3n) is 3.48. The zero-order valence-corrected chi connectivity index (χ0v) is 13.3. The average Bonchev–Trinajstić information content (AvgIpc) is 2.63. The van der Waals surface area contributed by atoms with Crippen LogP contribution < -0.4 is 4.74 Å². The normalized spacial score (nSPS) is 10.0. The van der Waals surface area contributed by atoms with Gasteiger partial charge in [0.05, 0.1) is 17.2 Å². The summed E-state index contributed by atoms with van der Waals surface area (Å²) in [7, 11) is 0. The van der Waals surface area contributed by atoms with E-state index < -0.39 is 5.97 Å². The fourth-order valence-corrected chi connectivity index (χ4v) is 2.55. The molecule has 3 nitrogen and oxygen atoms in total. The highest BCUT2D eigenvalue weighted by Gasteiger charge is 2.12. The topological polar surface area (TPSA) is 50.1 Å². The molecule has 0 radical (unpaired) electrons. The van der Waals surface area contributed by atoms with Crippen LogP contribution in [0.1, 0.15) is 15.9 Å². The summed E-state index contributed by atoms with van der Waals surface area (Å²) in [5.74, 6) is -0.122. The van der Waals surface area contributed by atoms with Gasteiger partial charge in [-0.25, -0.2) is 4.79 Å². The van der Waals surface area contributed by atoms with Crippen LogP contribution in [0.15, 0.2) is 72.8 Å². The molecule has 0 amide bonds. The first-order valence-electron chi connectivity index (χ1n) is 7.25. The molecule has 0 fully saturated rings. The Hall–Kier alpha value is -3.09. The van der Waals surface area contributed by atoms with Crippen LogP contribution in [0.4, 0.5) is 0 Å². The molecule has 3 aromatic rings. The molecule has 0 aliphatic carbocycles. The summed E-state index contributed by atoms with van der Waals surface area (Å²) in [6, 6.07) is 23.1. The van der Waals surface area contributed by atoms with Gasteiger partial charge in [-0.15, -0.1) is 0 Å². The van der Waals surface area contributed by atoms with Gasteiger partial charge < -0.3 is 4.74 Å². The summed E-state index contributed by atoms with van der Waals surface area (Å²) >= 11 is 6.31. The molecule has 3 aromatic carbocycles. The highest BCUT2D eigenvalue weighted by Crippen LogP contribution is 2.29. The third kappa shape index (κ3) is 3.45. The first-order chi connectivity index (χ1) is 11.7. The number of nitrogens with zero attached hydrogens (tertiary/aromatic N) is 1. The van der Waals surface area contributed by atoms with E-state index in [1.165, 1.54) is 0 Å². The highest BCUT2D eigenvalue weighted by molar-refractivity contribution is 6.33. The van der Waals surface area contributed by atoms with E-state index in [0.29, 0.717) is 21.9 Å². The molecule has 0 atom stereocenters. The number of esters is 1. The number of hydrogen-bond acceptors (Lipinski definition) is 3. The van der Waals surface area contributed by atoms with Gasteiger partial charge in [0.15, 0.2) is 0 Å². The standard InChI is InChI=1S/C20H12ClNO2/c21-19-12-16(8-11-18(19)15-4-2-1-3-5-15)20(23)24-17-9-6-14(13-22)7-10-17/h1-12H. The maximum Gasteiger partial charge on any atom is 0.343 e. The summed E-state index contributed by atoms with van der Waals surface area (Å²) in [5, 5.41) is 9.25. The molecular weight excluding hydrogens is 322 g/mol. The van der Waals surface area contributed by atoms with Crippen molar-refractivity contribution in [3.63, 3.8) is 0 Å². The minimum Gasteiger partial charge on any atom is -0.423 e. The Bertz CT molecular complexity index is 913. The summed E-state index contributed by atoms with van der Waals surface area (Å²) in [5.41, 5.74) is 2.70. The number of rotatable bonds is 3. The molecule has 0 saturated heterocycles. The minimum absolute atomic E-state index is 0.365. The number of hydrogen-bond donors (Lipinski definition) is 0. The summed E-state index contributed by atoms with van der Waals surface area (Å²) in [6.45, 7) is 0. The Balaban J connectivity index is 1.80. The van der Waals surface area contributed by atoms with Gasteiger partial charge >= 0.3 is 5.97 Å². The average molecular weight is 334 g/mol. The third-order valence-corrected chi connectivity index (χ3v) is 3.80. The maximum absolute atomic E-state index is 12.2. The molecule has 0 unspecified atom stereocenters. The minimum atomic E-state index is -0.499. The maximum atomic E-state index is 12.2. The van der Waals surface area contributed by atoms with Crippen molar-refractivity contribution in [3.05, 3.63) is 88.9 Å². The van der Waals surface area contributed by atoms with Gasteiger partial charge in [-0.2, -0.15) is 5.26 Å². The molecule has 0 aliphatic rings. The lowest BCUT2D eigenvalue weighted by Gasteiger charge is -2.08. The van der Waals surface area contributed by atoms with E-state index in [-0.39, 0.29) is 0 Å². The van der Waals surface area contributed by atoms with Crippen LogP contribution in [0.2, 0.25) is 5.02 Å². The quantitative estimate of drug-likeness (QED) is 0.495. The summed E-state index contributed by atoms with van der Waals surface area (Å²) < 4.78 is 5.29. The molecule has 3 rings (SSSR count). The van der Waals surface area contributed by atoms with Crippen LogP contribution in [-0.4, -0.2) is 5.97 Å². The van der Waals surface area contributed by atoms with Gasteiger partial charge in [0.2, 0.25) is 0 Å². The van der Waals surface area contributed by atoms with Crippen molar-refractivity contribution >= 4 is 17.6 Å². The van der Waals surface area contributed by atoms with Gasteiger partial charge in [0.1, 0.15) is 5.75 Å². The molecule has 0 spiro atoms. The van der Waals surface area contributed by atoms with Gasteiger partial charge in [0, 0.05) is 10.6 Å². The van der Waals surface area contributed by atoms with Crippen LogP contribution in [0, 0.1) is 11.3 Å². The Morgan fingerprint density at radius 2 is 1.67 bits per heavy atom. The molecule has 24 heavy (non-hydrogen) atoms. The summed E-state index contributed by atoms with van der Waals surface area (Å²) in [6.07, 6.45) is 0. The number of carbonyl (C=O) groups is 1. The molecule has 0 aliphatic heterocycles. The van der Waals surface area contributed by atoms with Gasteiger partial charge in [-0.05, 0) is 42.0 Å². The van der Waals surface area contributed by atoms with Crippen molar-refractivity contribution in [2.45, 2.75) is 0 Å². The largest absolute Gasteiger partial charge is 0.423 e. The van der Waals surface area contributed by atoms with Gasteiger partial charge in [-0.1, -0.05) is 48.0 Å². The van der Waals surface area contributed by atoms with Crippen molar-refractivity contribution in [2.75, 3.05) is 0 Å². The van der Waals surface area contributed by atoms with E-state index in [1.54, 1.807) is 42.5 Å². The molecule has 4 heteroatoms. The fourth-order valence-electron chi connectivity index (χ4n) is 2.26. The Morgan fingerprint density at radius 3 is 2.29 bits per heavy atom. The zero-order chi connectivity index (χ0) is 16.9. The second-order valence-electron chi connectivity index (χ2n) is 5.09. The Labute approximate surface area is 144 Å². The van der Waals surface area contributed by atoms with Crippen molar-refractivity contribution < 1.29 is 9.53 Å². The van der Waals surface area contributed by atoms with Crippen LogP contribution in [0.25, 0.3) is 11.1 Å². The molecule has 0 bridgehead atoms. The number of benzene rings is 3. The number of nitriles is 1. The molecule has 0 aromatic heterocycles. The number of carbonyl (C=O) groups excluding carboxylic acids is 1. The number of ether oxygens (including phenoxy) is 1. The second-order valence-corrected chi connectivity index (χ2v) is 5.49. The lowest BCUT2D eigenvalue weighted by molar-refractivity contribution is 0.0735. The first kappa shape index (κ1) is 15.8. The molecular formula is C20H12ClNO2. The van der Waals surface area contributed by atoms with Crippen LogP contribution >= 0.6 is 11.6 Å². The van der Waals surface area contributed by atoms with Crippen molar-refractivity contribution in [2.24, 2.45) is 0 Å². The van der Waals surface area contributed by atoms with Crippen molar-refractivity contribution in [3.8, 4) is 22.9 Å². The Kier molecular flexibility index (Phi) is 4.60. The van der Waals surface area contributed by atoms with Gasteiger partial charge in [0.25, 0.3) is 0 Å². The predicted molar refractivity (Wildman–Crippen MR) is 93.0 cm³/mol. The van der Waals surface area contributed by atoms with Crippen LogP contribution in [0.5, 0.6) is 5.75 Å². The SMILES string of the molecule is N#Cc1ccc(OC(=O)c2ccc(-c3ccccc3)c(Cl)c2)cc1. The summed E-state index contributed by atoms with van der Waals surface area (Å²) in [4.78, 5) is 12.2. The van der Waals surface area contributed by atoms with Crippen LogP contribution in [-0.2, 0) is 0 Å². The number of halogens is 1. The van der Waals surface area contributed by atoms with Crippen molar-refractivity contribution in [1.29, 1.82) is 5.26 Å². The molecule has 116 valence electrons. The fraction of sp³-hybridized carbons (Fsp3) is 0. The monoisotopic (exact) mass is 333 g/mol. The second kappa shape index (κ2) is 6.99. The molecule has 0 saturated carbocycles. The zero-order valence-electron chi connectivity index (χ0n) is 12.6. The molecule has 0 N–H and O–H groups in total. The van der Waals surface area contributed by atoms with E-state index in [1.807, 2.05) is 36.4 Å². The lowest BCUT2D eigenvalue weighted by atomic mass is 10.0. The smallest absolute Gasteiger partial charge is 0.343 e. The molecule has 0 heterocycles. The van der Waals surface area contributed by atoms with E-state index in [4.69, 9.17) is 21.6 Å². The first-order valence-corrected chi connectivity index (χ1v) is 7.62. The van der Waals surface area contributed by atoms with E-state index in [2.05, 4.69) is 0 Å². The highest BCUT2D eigenvalue weighted by atomic mass is 35.5. The van der Waals surface area contributed by atoms with E-state index >= 15 is 0 Å². The van der Waals surface area contributed by atoms with E-state index in [0.717, 1.165) is 11.1 Å². The predicted octanol–water partition coefficient (Wildman–Crippen LogP) is 5.10. The van der Waals surface area contributed by atoms with Crippen LogP contribution in [0.3, 0.4) is 0 Å². The van der Waals surface area contributed by atoms with Crippen molar-refractivity contribution in [1.82, 2.24) is 0 Å². The Morgan fingerprint density at radius 1 is 0.958 bits per heavy atom. The lowest BCUT2D eigenvalue weighted by Crippen LogP contribution is -2.08. The van der Waals surface area contributed by atoms with E-state index in [9.17, 15) is 4.79 Å².